The molecule has 2 N–H and O–H groups in total. The van der Waals surface area contributed by atoms with E-state index >= 15 is 0 Å². The van der Waals surface area contributed by atoms with Crippen LogP contribution in [0, 0.1) is 0 Å². The molecule has 0 saturated heterocycles. The molecule has 20 heavy (non-hydrogen) atoms. The molecule has 0 aliphatic rings. The summed E-state index contributed by atoms with van der Waals surface area (Å²) in [6, 6.07) is 15.2. The van der Waals surface area contributed by atoms with Crippen LogP contribution in [0.25, 0.3) is 11.1 Å². The van der Waals surface area contributed by atoms with Gasteiger partial charge in [-0.15, -0.1) is 12.4 Å². The number of primary amides is 1. The lowest BCUT2D eigenvalue weighted by Gasteiger charge is -2.15. The molecule has 1 amide bonds. The standard InChI is InChI=1S/C16H17NO2.ClH/c1-11(2)19-15-10-13(16(17)18)8-9-14(15)12-6-4-3-5-7-12;/h3-11H,1-2H3,(H2,17,18);1H. The second kappa shape index (κ2) is 6.96. The molecule has 4 heteroatoms. The van der Waals surface area contributed by atoms with E-state index in [1.54, 1.807) is 12.1 Å². The first-order chi connectivity index (χ1) is 9.08. The van der Waals surface area contributed by atoms with Crippen LogP contribution in [-0.2, 0) is 0 Å². The number of rotatable bonds is 4. The van der Waals surface area contributed by atoms with Crippen molar-refractivity contribution in [1.29, 1.82) is 0 Å². The van der Waals surface area contributed by atoms with E-state index in [0.717, 1.165) is 11.1 Å². The normalized spacial score (nSPS) is 9.95. The number of ether oxygens (including phenoxy) is 1. The Morgan fingerprint density at radius 3 is 2.30 bits per heavy atom. The molecule has 2 aromatic carbocycles. The molecule has 3 nitrogen and oxygen atoms in total. The van der Waals surface area contributed by atoms with Crippen molar-refractivity contribution < 1.29 is 9.53 Å². The molecule has 0 heterocycles. The molecule has 0 aromatic heterocycles. The predicted octanol–water partition coefficient (Wildman–Crippen LogP) is 3.66. The Labute approximate surface area is 125 Å². The number of amides is 1. The monoisotopic (exact) mass is 291 g/mol. The quantitative estimate of drug-likeness (QED) is 0.934. The highest BCUT2D eigenvalue weighted by molar-refractivity contribution is 5.94. The average molecular weight is 292 g/mol. The van der Waals surface area contributed by atoms with Gasteiger partial charge in [-0.05, 0) is 37.6 Å². The van der Waals surface area contributed by atoms with Gasteiger partial charge < -0.3 is 10.5 Å². The number of carbonyl (C=O) groups is 1. The molecule has 2 aromatic rings. The number of hydrogen-bond donors (Lipinski definition) is 1. The van der Waals surface area contributed by atoms with Gasteiger partial charge in [0.1, 0.15) is 5.75 Å². The van der Waals surface area contributed by atoms with Gasteiger partial charge in [0.25, 0.3) is 0 Å². The van der Waals surface area contributed by atoms with Gasteiger partial charge in [0.2, 0.25) is 5.91 Å². The summed E-state index contributed by atoms with van der Waals surface area (Å²) in [6.45, 7) is 3.90. The maximum Gasteiger partial charge on any atom is 0.248 e. The zero-order valence-electron chi connectivity index (χ0n) is 11.5. The largest absolute Gasteiger partial charge is 0.490 e. The number of benzene rings is 2. The van der Waals surface area contributed by atoms with Gasteiger partial charge in [-0.25, -0.2) is 0 Å². The van der Waals surface area contributed by atoms with Crippen molar-refractivity contribution in [1.82, 2.24) is 0 Å². The molecule has 0 aliphatic carbocycles. The van der Waals surface area contributed by atoms with Crippen molar-refractivity contribution in [2.24, 2.45) is 5.73 Å². The fourth-order valence-electron chi connectivity index (χ4n) is 1.88. The van der Waals surface area contributed by atoms with Gasteiger partial charge in [-0.3, -0.25) is 4.79 Å². The minimum atomic E-state index is -0.451. The summed E-state index contributed by atoms with van der Waals surface area (Å²) >= 11 is 0. The second-order valence-electron chi connectivity index (χ2n) is 4.61. The molecule has 0 atom stereocenters. The number of nitrogens with two attached hydrogens (primary N) is 1. The third kappa shape index (κ3) is 3.75. The zero-order chi connectivity index (χ0) is 13.8. The highest BCUT2D eigenvalue weighted by Crippen LogP contribution is 2.31. The molecule has 2 rings (SSSR count). The van der Waals surface area contributed by atoms with Crippen molar-refractivity contribution >= 4 is 18.3 Å². The smallest absolute Gasteiger partial charge is 0.248 e. The summed E-state index contributed by atoms with van der Waals surface area (Å²) in [7, 11) is 0. The average Bonchev–Trinajstić information content (AvgIpc) is 2.39. The van der Waals surface area contributed by atoms with Crippen molar-refractivity contribution in [3.8, 4) is 16.9 Å². The molecule has 0 fully saturated rings. The number of halogens is 1. The van der Waals surface area contributed by atoms with E-state index in [0.29, 0.717) is 11.3 Å². The van der Waals surface area contributed by atoms with Crippen molar-refractivity contribution in [3.05, 3.63) is 54.1 Å². The van der Waals surface area contributed by atoms with Gasteiger partial charge in [-0.2, -0.15) is 0 Å². The topological polar surface area (TPSA) is 52.3 Å². The summed E-state index contributed by atoms with van der Waals surface area (Å²) in [5.74, 6) is 0.228. The third-order valence-corrected chi connectivity index (χ3v) is 2.71. The lowest BCUT2D eigenvalue weighted by atomic mass is 10.0. The highest BCUT2D eigenvalue weighted by atomic mass is 35.5. The first-order valence-corrected chi connectivity index (χ1v) is 6.24. The first-order valence-electron chi connectivity index (χ1n) is 6.24. The summed E-state index contributed by atoms with van der Waals surface area (Å²) in [5, 5.41) is 0. The second-order valence-corrected chi connectivity index (χ2v) is 4.61. The molecule has 0 bridgehead atoms. The summed E-state index contributed by atoms with van der Waals surface area (Å²) in [5.41, 5.74) is 7.77. The van der Waals surface area contributed by atoms with E-state index in [9.17, 15) is 4.79 Å². The van der Waals surface area contributed by atoms with Crippen LogP contribution < -0.4 is 10.5 Å². The molecular formula is C16H18ClNO2. The first kappa shape index (κ1) is 16.1. The van der Waals surface area contributed by atoms with Crippen molar-refractivity contribution in [2.75, 3.05) is 0 Å². The Bertz CT molecular complexity index is 582. The lowest BCUT2D eigenvalue weighted by molar-refractivity contribution is 0.0999. The van der Waals surface area contributed by atoms with Crippen LogP contribution in [0.15, 0.2) is 48.5 Å². The van der Waals surface area contributed by atoms with Gasteiger partial charge in [-0.1, -0.05) is 30.3 Å². The van der Waals surface area contributed by atoms with Gasteiger partial charge in [0, 0.05) is 11.1 Å². The summed E-state index contributed by atoms with van der Waals surface area (Å²) in [6.07, 6.45) is 0.0330. The van der Waals surface area contributed by atoms with Crippen LogP contribution in [-0.4, -0.2) is 12.0 Å². The van der Waals surface area contributed by atoms with E-state index in [2.05, 4.69) is 0 Å². The van der Waals surface area contributed by atoms with E-state index in [1.807, 2.05) is 50.2 Å². The van der Waals surface area contributed by atoms with Gasteiger partial charge in [0.05, 0.1) is 6.10 Å². The van der Waals surface area contributed by atoms with Crippen LogP contribution in [0.2, 0.25) is 0 Å². The molecular weight excluding hydrogens is 274 g/mol. The van der Waals surface area contributed by atoms with Crippen LogP contribution in [0.1, 0.15) is 24.2 Å². The Kier molecular flexibility index (Phi) is 5.59. The van der Waals surface area contributed by atoms with Crippen molar-refractivity contribution in [3.63, 3.8) is 0 Å². The molecule has 0 unspecified atom stereocenters. The Morgan fingerprint density at radius 1 is 1.10 bits per heavy atom. The predicted molar refractivity (Wildman–Crippen MR) is 83.4 cm³/mol. The van der Waals surface area contributed by atoms with Crippen LogP contribution >= 0.6 is 12.4 Å². The Hall–Kier alpha value is -2.00. The van der Waals surface area contributed by atoms with E-state index in [4.69, 9.17) is 10.5 Å². The molecule has 0 radical (unpaired) electrons. The molecule has 0 spiro atoms. The summed E-state index contributed by atoms with van der Waals surface area (Å²) in [4.78, 5) is 11.3. The van der Waals surface area contributed by atoms with E-state index in [1.165, 1.54) is 0 Å². The number of hydrogen-bond acceptors (Lipinski definition) is 2. The Balaban J connectivity index is 0.00000200. The summed E-state index contributed by atoms with van der Waals surface area (Å²) < 4.78 is 5.78. The fraction of sp³-hybridized carbons (Fsp3) is 0.188. The fourth-order valence-corrected chi connectivity index (χ4v) is 1.88. The Morgan fingerprint density at radius 2 is 1.75 bits per heavy atom. The van der Waals surface area contributed by atoms with Crippen molar-refractivity contribution in [2.45, 2.75) is 20.0 Å². The van der Waals surface area contributed by atoms with Gasteiger partial charge in [0.15, 0.2) is 0 Å². The maximum absolute atomic E-state index is 11.3. The maximum atomic E-state index is 11.3. The van der Waals surface area contributed by atoms with Gasteiger partial charge >= 0.3 is 0 Å². The molecule has 106 valence electrons. The molecule has 0 aliphatic heterocycles. The number of carbonyl (C=O) groups excluding carboxylic acids is 1. The minimum absolute atomic E-state index is 0. The van der Waals surface area contributed by atoms with E-state index < -0.39 is 5.91 Å². The third-order valence-electron chi connectivity index (χ3n) is 2.71. The van der Waals surface area contributed by atoms with Crippen LogP contribution in [0.5, 0.6) is 5.75 Å². The van der Waals surface area contributed by atoms with Crippen LogP contribution in [0.4, 0.5) is 0 Å². The SMILES string of the molecule is CC(C)Oc1cc(C(N)=O)ccc1-c1ccccc1.Cl. The van der Waals surface area contributed by atoms with Crippen LogP contribution in [0.3, 0.4) is 0 Å². The zero-order valence-corrected chi connectivity index (χ0v) is 12.3. The molecule has 0 saturated carbocycles. The van der Waals surface area contributed by atoms with E-state index in [-0.39, 0.29) is 18.5 Å². The lowest BCUT2D eigenvalue weighted by Crippen LogP contribution is -2.12. The highest BCUT2D eigenvalue weighted by Gasteiger charge is 2.11. The minimum Gasteiger partial charge on any atom is -0.490 e.